The van der Waals surface area contributed by atoms with E-state index in [1.54, 1.807) is 0 Å². The highest BCUT2D eigenvalue weighted by Crippen LogP contribution is 2.42. The van der Waals surface area contributed by atoms with E-state index in [2.05, 4.69) is 15.2 Å². The van der Waals surface area contributed by atoms with Gasteiger partial charge < -0.3 is 15.3 Å². The van der Waals surface area contributed by atoms with Crippen molar-refractivity contribution >= 4 is 11.7 Å². The van der Waals surface area contributed by atoms with Gasteiger partial charge in [-0.3, -0.25) is 9.69 Å². The summed E-state index contributed by atoms with van der Waals surface area (Å²) in [6.45, 7) is 4.49. The van der Waals surface area contributed by atoms with Gasteiger partial charge in [0.25, 0.3) is 0 Å². The number of aliphatic hydroxyl groups excluding tert-OH is 1. The third-order valence-corrected chi connectivity index (χ3v) is 7.66. The summed E-state index contributed by atoms with van der Waals surface area (Å²) < 4.78 is 38.2. The number of carbonyl (C=O) groups is 1. The monoisotopic (exact) mass is 454 g/mol. The number of fused-ring (bicyclic) bond motifs is 2. The van der Waals surface area contributed by atoms with Gasteiger partial charge in [-0.15, -0.1) is 0 Å². The molecule has 2 saturated carbocycles. The van der Waals surface area contributed by atoms with Gasteiger partial charge in [-0.25, -0.2) is 4.98 Å². The molecule has 2 N–H and O–H groups in total. The molecule has 1 saturated heterocycles. The molecule has 1 amide bonds. The molecule has 32 heavy (non-hydrogen) atoms. The van der Waals surface area contributed by atoms with Crippen molar-refractivity contribution in [1.29, 1.82) is 0 Å². The zero-order valence-electron chi connectivity index (χ0n) is 18.5. The van der Waals surface area contributed by atoms with Crippen LogP contribution in [0.2, 0.25) is 0 Å². The number of carbonyl (C=O) groups excluding carboxylic acids is 1. The SMILES string of the molecule is CC(C(=O)N[C@H]1C(CO)CC2CCCC1C2)N1CCN(c2ccc(C(F)(F)F)cn2)CC1. The van der Waals surface area contributed by atoms with E-state index < -0.39 is 11.7 Å². The maximum Gasteiger partial charge on any atom is 0.417 e. The van der Waals surface area contributed by atoms with Crippen molar-refractivity contribution in [2.75, 3.05) is 37.7 Å². The van der Waals surface area contributed by atoms with Crippen LogP contribution < -0.4 is 10.2 Å². The Morgan fingerprint density at radius 2 is 1.97 bits per heavy atom. The second kappa shape index (κ2) is 9.55. The summed E-state index contributed by atoms with van der Waals surface area (Å²) in [7, 11) is 0. The van der Waals surface area contributed by atoms with E-state index in [-0.39, 0.29) is 30.5 Å². The topological polar surface area (TPSA) is 68.7 Å². The van der Waals surface area contributed by atoms with Crippen molar-refractivity contribution in [3.63, 3.8) is 0 Å². The van der Waals surface area contributed by atoms with Crippen molar-refractivity contribution < 1.29 is 23.1 Å². The fourth-order valence-corrected chi connectivity index (χ4v) is 5.79. The number of aliphatic hydroxyl groups is 1. The number of hydrogen-bond acceptors (Lipinski definition) is 5. The van der Waals surface area contributed by atoms with Crippen LogP contribution >= 0.6 is 0 Å². The van der Waals surface area contributed by atoms with Crippen molar-refractivity contribution in [2.24, 2.45) is 17.8 Å². The average molecular weight is 455 g/mol. The first-order valence-corrected chi connectivity index (χ1v) is 11.7. The Labute approximate surface area is 187 Å². The van der Waals surface area contributed by atoms with E-state index >= 15 is 0 Å². The lowest BCUT2D eigenvalue weighted by molar-refractivity contribution is -0.137. The molecule has 5 atom stereocenters. The molecule has 1 aromatic heterocycles. The molecule has 6 nitrogen and oxygen atoms in total. The summed E-state index contributed by atoms with van der Waals surface area (Å²) in [4.78, 5) is 21.1. The van der Waals surface area contributed by atoms with E-state index in [4.69, 9.17) is 0 Å². The Kier molecular flexibility index (Phi) is 6.95. The van der Waals surface area contributed by atoms with E-state index in [0.717, 1.165) is 31.5 Å². The van der Waals surface area contributed by atoms with Crippen LogP contribution in [0.3, 0.4) is 0 Å². The summed E-state index contributed by atoms with van der Waals surface area (Å²) in [5.41, 5.74) is -0.752. The lowest BCUT2D eigenvalue weighted by Gasteiger charge is -2.46. The molecule has 0 aromatic carbocycles. The Bertz CT molecular complexity index is 778. The number of aromatic nitrogens is 1. The van der Waals surface area contributed by atoms with Crippen LogP contribution in [-0.4, -0.2) is 65.8 Å². The number of anilines is 1. The quantitative estimate of drug-likeness (QED) is 0.716. The number of hydrogen-bond donors (Lipinski definition) is 2. The molecule has 2 aliphatic carbocycles. The molecule has 3 aliphatic rings. The maximum absolute atomic E-state index is 13.0. The Hall–Kier alpha value is -1.87. The Balaban J connectivity index is 1.31. The van der Waals surface area contributed by atoms with Gasteiger partial charge >= 0.3 is 6.18 Å². The van der Waals surface area contributed by atoms with Crippen molar-refractivity contribution in [3.05, 3.63) is 23.9 Å². The minimum atomic E-state index is -4.39. The predicted molar refractivity (Wildman–Crippen MR) is 115 cm³/mol. The highest BCUT2D eigenvalue weighted by Gasteiger charge is 2.41. The molecule has 4 rings (SSSR count). The molecule has 0 radical (unpaired) electrons. The van der Waals surface area contributed by atoms with Crippen LogP contribution in [0.1, 0.15) is 44.6 Å². The Morgan fingerprint density at radius 3 is 2.59 bits per heavy atom. The summed E-state index contributed by atoms with van der Waals surface area (Å²) in [6.07, 6.45) is 2.18. The number of nitrogens with one attached hydrogen (secondary N) is 1. The van der Waals surface area contributed by atoms with Crippen LogP contribution in [0.5, 0.6) is 0 Å². The third kappa shape index (κ3) is 5.03. The van der Waals surface area contributed by atoms with Crippen LogP contribution in [0.15, 0.2) is 18.3 Å². The van der Waals surface area contributed by atoms with Gasteiger partial charge in [-0.1, -0.05) is 12.8 Å². The minimum Gasteiger partial charge on any atom is -0.396 e. The number of halogens is 3. The van der Waals surface area contributed by atoms with Gasteiger partial charge in [-0.2, -0.15) is 13.2 Å². The lowest BCUT2D eigenvalue weighted by Crippen LogP contribution is -2.58. The molecule has 178 valence electrons. The molecular weight excluding hydrogens is 421 g/mol. The number of piperazine rings is 1. The fraction of sp³-hybridized carbons (Fsp3) is 0.739. The molecule has 1 aliphatic heterocycles. The van der Waals surface area contributed by atoms with Gasteiger partial charge in [0.05, 0.1) is 11.6 Å². The van der Waals surface area contributed by atoms with E-state index in [9.17, 15) is 23.1 Å². The molecule has 9 heteroatoms. The standard InChI is InChI=1S/C23H33F3N4O2/c1-15(22(32)28-21-17-4-2-3-16(11-17)12-18(21)14-31)29-7-9-30(10-8-29)20-6-5-19(13-27-20)23(24,25)26/h5-6,13,15-18,21,31H,2-4,7-12,14H2,1H3,(H,28,32)/t15?,16?,17?,18?,21-/m1/s1. The molecule has 1 aromatic rings. The first-order valence-electron chi connectivity index (χ1n) is 11.7. The zero-order chi connectivity index (χ0) is 22.9. The van der Waals surface area contributed by atoms with Crippen LogP contribution in [0, 0.1) is 17.8 Å². The van der Waals surface area contributed by atoms with Crippen LogP contribution in [0.4, 0.5) is 19.0 Å². The molecular formula is C23H33F3N4O2. The molecule has 0 spiro atoms. The van der Waals surface area contributed by atoms with Gasteiger partial charge in [0.1, 0.15) is 5.82 Å². The number of rotatable bonds is 5. The number of alkyl halides is 3. The summed E-state index contributed by atoms with van der Waals surface area (Å²) in [5, 5.41) is 13.1. The largest absolute Gasteiger partial charge is 0.417 e. The Morgan fingerprint density at radius 1 is 1.22 bits per heavy atom. The summed E-state index contributed by atoms with van der Waals surface area (Å²) in [5.74, 6) is 1.80. The predicted octanol–water partition coefficient (Wildman–Crippen LogP) is 2.91. The van der Waals surface area contributed by atoms with Gasteiger partial charge in [0.15, 0.2) is 0 Å². The second-order valence-corrected chi connectivity index (χ2v) is 9.61. The maximum atomic E-state index is 13.0. The third-order valence-electron chi connectivity index (χ3n) is 7.66. The van der Waals surface area contributed by atoms with Gasteiger partial charge in [0, 0.05) is 50.9 Å². The van der Waals surface area contributed by atoms with Crippen molar-refractivity contribution in [2.45, 2.75) is 57.3 Å². The minimum absolute atomic E-state index is 0.00132. The normalized spacial score (nSPS) is 30.1. The summed E-state index contributed by atoms with van der Waals surface area (Å²) >= 11 is 0. The molecule has 2 bridgehead atoms. The lowest BCUT2D eigenvalue weighted by atomic mass is 9.65. The first-order chi connectivity index (χ1) is 15.3. The smallest absolute Gasteiger partial charge is 0.396 e. The highest BCUT2D eigenvalue weighted by molar-refractivity contribution is 5.81. The number of nitrogens with zero attached hydrogens (tertiary/aromatic N) is 3. The number of pyridine rings is 1. The zero-order valence-corrected chi connectivity index (χ0v) is 18.5. The van der Waals surface area contributed by atoms with Crippen LogP contribution in [-0.2, 0) is 11.0 Å². The van der Waals surface area contributed by atoms with Crippen molar-refractivity contribution in [1.82, 2.24) is 15.2 Å². The fourth-order valence-electron chi connectivity index (χ4n) is 5.79. The average Bonchev–Trinajstić information content (AvgIpc) is 2.80. The molecule has 2 heterocycles. The van der Waals surface area contributed by atoms with E-state index in [0.29, 0.717) is 43.8 Å². The van der Waals surface area contributed by atoms with Crippen molar-refractivity contribution in [3.8, 4) is 0 Å². The highest BCUT2D eigenvalue weighted by atomic mass is 19.4. The second-order valence-electron chi connectivity index (χ2n) is 9.61. The van der Waals surface area contributed by atoms with Crippen LogP contribution in [0.25, 0.3) is 0 Å². The van der Waals surface area contributed by atoms with Gasteiger partial charge in [-0.05, 0) is 50.2 Å². The molecule has 3 fully saturated rings. The summed E-state index contributed by atoms with van der Waals surface area (Å²) in [6, 6.07) is 2.22. The number of amides is 1. The van der Waals surface area contributed by atoms with Gasteiger partial charge in [0.2, 0.25) is 5.91 Å². The van der Waals surface area contributed by atoms with E-state index in [1.165, 1.54) is 18.9 Å². The first kappa shape index (κ1) is 23.3. The molecule has 4 unspecified atom stereocenters. The van der Waals surface area contributed by atoms with E-state index in [1.807, 2.05) is 11.8 Å².